The quantitative estimate of drug-likeness (QED) is 0.440. The summed E-state index contributed by atoms with van der Waals surface area (Å²) in [7, 11) is 0. The summed E-state index contributed by atoms with van der Waals surface area (Å²) in [5, 5.41) is 9.30. The second-order valence-electron chi connectivity index (χ2n) is 6.75. The topological polar surface area (TPSA) is 85.0 Å². The Balaban J connectivity index is 1.31. The molecule has 0 aliphatic carbocycles. The lowest BCUT2D eigenvalue weighted by Crippen LogP contribution is -2.28. The van der Waals surface area contributed by atoms with Gasteiger partial charge in [0.05, 0.1) is 25.0 Å². The predicted octanol–water partition coefficient (Wildman–Crippen LogP) is 3.08. The second kappa shape index (κ2) is 8.36. The lowest BCUT2D eigenvalue weighted by molar-refractivity contribution is -0.129. The number of fused-ring (bicyclic) bond motifs is 1. The van der Waals surface area contributed by atoms with Crippen molar-refractivity contribution in [2.45, 2.75) is 25.3 Å². The highest BCUT2D eigenvalue weighted by molar-refractivity contribution is 5.94. The van der Waals surface area contributed by atoms with E-state index in [9.17, 15) is 13.6 Å². The molecular weight excluding hydrogens is 394 g/mol. The van der Waals surface area contributed by atoms with Crippen molar-refractivity contribution in [1.82, 2.24) is 24.6 Å². The number of hydrogen-bond acceptors (Lipinski definition) is 6. The Hall–Kier alpha value is -3.69. The van der Waals surface area contributed by atoms with Crippen LogP contribution in [0.3, 0.4) is 0 Å². The number of rotatable bonds is 7. The molecule has 30 heavy (non-hydrogen) atoms. The summed E-state index contributed by atoms with van der Waals surface area (Å²) in [5.74, 6) is -1.39. The fourth-order valence-corrected chi connectivity index (χ4v) is 3.17. The van der Waals surface area contributed by atoms with Gasteiger partial charge in [-0.1, -0.05) is 6.58 Å². The molecule has 2 aromatic heterocycles. The summed E-state index contributed by atoms with van der Waals surface area (Å²) < 4.78 is 34.2. The Kier molecular flexibility index (Phi) is 5.46. The zero-order valence-corrected chi connectivity index (χ0v) is 15.9. The number of hydrogen-bond donors (Lipinski definition) is 0. The van der Waals surface area contributed by atoms with Crippen LogP contribution in [-0.2, 0) is 4.79 Å². The maximum absolute atomic E-state index is 13.6. The minimum Gasteiger partial charge on any atom is -0.477 e. The van der Waals surface area contributed by atoms with Crippen molar-refractivity contribution in [2.75, 3.05) is 6.61 Å². The van der Waals surface area contributed by atoms with Crippen molar-refractivity contribution < 1.29 is 18.3 Å². The first-order valence-corrected chi connectivity index (χ1v) is 9.29. The van der Waals surface area contributed by atoms with E-state index in [0.29, 0.717) is 48.5 Å². The second-order valence-corrected chi connectivity index (χ2v) is 6.75. The molecule has 0 bridgehead atoms. The van der Waals surface area contributed by atoms with Crippen molar-refractivity contribution in [3.63, 3.8) is 0 Å². The molecule has 1 amide bonds. The molecule has 0 N–H and O–H groups in total. The average Bonchev–Trinajstić information content (AvgIpc) is 3.38. The van der Waals surface area contributed by atoms with Gasteiger partial charge in [-0.25, -0.2) is 28.3 Å². The van der Waals surface area contributed by atoms with Gasteiger partial charge in [-0.15, -0.1) is 0 Å². The number of aromatic nitrogens is 4. The van der Waals surface area contributed by atoms with E-state index in [-0.39, 0.29) is 5.91 Å². The monoisotopic (exact) mass is 412 g/mol. The van der Waals surface area contributed by atoms with Gasteiger partial charge < -0.3 is 4.74 Å². The maximum Gasteiger partial charge on any atom is 0.269 e. The van der Waals surface area contributed by atoms with Crippen LogP contribution in [0.25, 0.3) is 5.65 Å². The van der Waals surface area contributed by atoms with Crippen molar-refractivity contribution in [3.8, 4) is 5.88 Å². The maximum atomic E-state index is 13.6. The summed E-state index contributed by atoms with van der Waals surface area (Å²) >= 11 is 0. The van der Waals surface area contributed by atoms with E-state index in [0.717, 1.165) is 6.07 Å². The van der Waals surface area contributed by atoms with Crippen LogP contribution in [-0.4, -0.2) is 43.3 Å². The van der Waals surface area contributed by atoms with Crippen molar-refractivity contribution in [2.24, 2.45) is 5.10 Å². The smallest absolute Gasteiger partial charge is 0.269 e. The predicted molar refractivity (Wildman–Crippen MR) is 104 cm³/mol. The number of amides is 1. The number of benzene rings is 1. The minimum absolute atomic E-state index is 0.321. The van der Waals surface area contributed by atoms with E-state index in [1.807, 2.05) is 0 Å². The van der Waals surface area contributed by atoms with Gasteiger partial charge in [-0.3, -0.25) is 4.79 Å². The van der Waals surface area contributed by atoms with E-state index >= 15 is 0 Å². The van der Waals surface area contributed by atoms with Crippen LogP contribution in [0.5, 0.6) is 5.88 Å². The molecule has 1 atom stereocenters. The zero-order valence-electron chi connectivity index (χ0n) is 15.9. The molecule has 154 valence electrons. The third kappa shape index (κ3) is 4.17. The normalized spacial score (nSPS) is 15.7. The third-order valence-electron chi connectivity index (χ3n) is 4.62. The number of nitrogens with zero attached hydrogens (tertiary/aromatic N) is 6. The average molecular weight is 412 g/mol. The molecule has 10 heteroatoms. The summed E-state index contributed by atoms with van der Waals surface area (Å²) in [5.41, 5.74) is 1.29. The summed E-state index contributed by atoms with van der Waals surface area (Å²) in [6.45, 7) is 4.15. The Morgan fingerprint density at radius 2 is 2.03 bits per heavy atom. The highest BCUT2D eigenvalue weighted by Crippen LogP contribution is 2.30. The van der Waals surface area contributed by atoms with Crippen LogP contribution in [0, 0.1) is 11.6 Å². The molecule has 8 nitrogen and oxygen atoms in total. The molecule has 3 aromatic rings. The first-order chi connectivity index (χ1) is 14.5. The third-order valence-corrected chi connectivity index (χ3v) is 4.62. The molecule has 0 spiro atoms. The molecule has 1 unspecified atom stereocenters. The molecule has 0 saturated heterocycles. The van der Waals surface area contributed by atoms with Crippen LogP contribution < -0.4 is 4.74 Å². The largest absolute Gasteiger partial charge is 0.477 e. The first-order valence-electron chi connectivity index (χ1n) is 9.29. The fourth-order valence-electron chi connectivity index (χ4n) is 3.17. The standard InChI is InChI=1S/C20H18F2N6O2/c1-13(3-2-6-30-19-11-27-18(10-23-19)24-12-26-27)20(29)28-17(4-5-25-28)14-7-15(21)9-16(22)8-14/h5,7-12,17H,1-4,6H2. The molecular formula is C20H18F2N6O2. The first kappa shape index (κ1) is 19.6. The molecule has 1 aromatic carbocycles. The number of carbonyl (C=O) groups is 1. The van der Waals surface area contributed by atoms with E-state index in [1.165, 1.54) is 23.5 Å². The molecule has 1 aliphatic heterocycles. The Labute approximate surface area is 170 Å². The summed E-state index contributed by atoms with van der Waals surface area (Å²) in [6, 6.07) is 2.64. The minimum atomic E-state index is -0.696. The molecule has 0 fully saturated rings. The van der Waals surface area contributed by atoms with Crippen LogP contribution in [0.1, 0.15) is 30.9 Å². The van der Waals surface area contributed by atoms with E-state index in [2.05, 4.69) is 26.7 Å². The van der Waals surface area contributed by atoms with E-state index in [1.54, 1.807) is 23.1 Å². The molecule has 1 aliphatic rings. The summed E-state index contributed by atoms with van der Waals surface area (Å²) in [4.78, 5) is 20.9. The number of ether oxygens (including phenoxy) is 1. The summed E-state index contributed by atoms with van der Waals surface area (Å²) in [6.07, 6.45) is 7.41. The van der Waals surface area contributed by atoms with Crippen LogP contribution in [0.4, 0.5) is 8.78 Å². The Bertz CT molecular complexity index is 1110. The van der Waals surface area contributed by atoms with Crippen molar-refractivity contribution in [3.05, 3.63) is 66.3 Å². The number of halogens is 2. The lowest BCUT2D eigenvalue weighted by Gasteiger charge is -2.23. The molecule has 4 rings (SSSR count). The van der Waals surface area contributed by atoms with E-state index in [4.69, 9.17) is 4.74 Å². The SMILES string of the molecule is C=C(CCCOc1cn2ncnc2cn1)C(=O)N1N=CCC1c1cc(F)cc(F)c1. The van der Waals surface area contributed by atoms with E-state index < -0.39 is 17.7 Å². The number of hydrazone groups is 1. The Morgan fingerprint density at radius 3 is 2.83 bits per heavy atom. The van der Waals surface area contributed by atoms with Crippen molar-refractivity contribution >= 4 is 17.8 Å². The molecule has 0 saturated carbocycles. The van der Waals surface area contributed by atoms with Crippen LogP contribution in [0.15, 0.2) is 54.2 Å². The Morgan fingerprint density at radius 1 is 1.23 bits per heavy atom. The van der Waals surface area contributed by atoms with Gasteiger partial charge in [0.25, 0.3) is 5.91 Å². The van der Waals surface area contributed by atoms with Crippen LogP contribution in [0.2, 0.25) is 0 Å². The van der Waals surface area contributed by atoms with Gasteiger partial charge in [0, 0.05) is 24.3 Å². The van der Waals surface area contributed by atoms with Gasteiger partial charge in [0.2, 0.25) is 5.88 Å². The highest BCUT2D eigenvalue weighted by atomic mass is 19.1. The zero-order chi connectivity index (χ0) is 21.1. The fraction of sp³-hybridized carbons (Fsp3) is 0.250. The van der Waals surface area contributed by atoms with Crippen molar-refractivity contribution in [1.29, 1.82) is 0 Å². The lowest BCUT2D eigenvalue weighted by atomic mass is 10.0. The van der Waals surface area contributed by atoms with Gasteiger partial charge in [0.15, 0.2) is 5.65 Å². The highest BCUT2D eigenvalue weighted by Gasteiger charge is 2.30. The van der Waals surface area contributed by atoms with Gasteiger partial charge in [-0.05, 0) is 30.5 Å². The van der Waals surface area contributed by atoms with Gasteiger partial charge in [0.1, 0.15) is 18.0 Å². The van der Waals surface area contributed by atoms with Gasteiger partial charge in [-0.2, -0.15) is 10.2 Å². The number of carbonyl (C=O) groups excluding carboxylic acids is 1. The molecule has 3 heterocycles. The molecule has 0 radical (unpaired) electrons. The van der Waals surface area contributed by atoms with Crippen LogP contribution >= 0.6 is 0 Å². The van der Waals surface area contributed by atoms with Gasteiger partial charge >= 0.3 is 0 Å².